The molecule has 9 heteroatoms. The third kappa shape index (κ3) is 4.40. The van der Waals surface area contributed by atoms with Crippen LogP contribution in [0, 0.1) is 0 Å². The van der Waals surface area contributed by atoms with E-state index in [1.54, 1.807) is 0 Å². The van der Waals surface area contributed by atoms with Crippen LogP contribution in [0.1, 0.15) is 33.3 Å². The van der Waals surface area contributed by atoms with Crippen LogP contribution in [0.25, 0.3) is 11.1 Å². The highest BCUT2D eigenvalue weighted by atomic mass is 16.5. The predicted octanol–water partition coefficient (Wildman–Crippen LogP) is 2.53. The van der Waals surface area contributed by atoms with Gasteiger partial charge in [-0.05, 0) is 22.3 Å². The summed E-state index contributed by atoms with van der Waals surface area (Å²) in [4.78, 5) is 34.7. The molecule has 0 fully saturated rings. The average molecular weight is 421 g/mol. The summed E-state index contributed by atoms with van der Waals surface area (Å²) in [5.41, 5.74) is 4.21. The lowest BCUT2D eigenvalue weighted by Gasteiger charge is -2.14. The summed E-state index contributed by atoms with van der Waals surface area (Å²) in [6.07, 6.45) is -0.704. The van der Waals surface area contributed by atoms with Crippen molar-refractivity contribution >= 4 is 18.0 Å². The van der Waals surface area contributed by atoms with Crippen molar-refractivity contribution in [2.75, 3.05) is 13.2 Å². The summed E-state index contributed by atoms with van der Waals surface area (Å²) in [7, 11) is 0. The number of benzene rings is 2. The Bertz CT molecular complexity index is 1090. The lowest BCUT2D eigenvalue weighted by atomic mass is 9.98. The molecule has 3 N–H and O–H groups in total. The van der Waals surface area contributed by atoms with Gasteiger partial charge >= 0.3 is 12.1 Å². The van der Waals surface area contributed by atoms with Crippen molar-refractivity contribution in [1.29, 1.82) is 0 Å². The van der Waals surface area contributed by atoms with E-state index < -0.39 is 18.0 Å². The summed E-state index contributed by atoms with van der Waals surface area (Å²) in [5, 5.41) is 17.0. The molecular weight excluding hydrogens is 402 g/mol. The molecule has 4 rings (SSSR count). The third-order valence-corrected chi connectivity index (χ3v) is 4.97. The van der Waals surface area contributed by atoms with Gasteiger partial charge in [0.15, 0.2) is 11.5 Å². The zero-order chi connectivity index (χ0) is 21.8. The van der Waals surface area contributed by atoms with Crippen molar-refractivity contribution in [2.45, 2.75) is 12.5 Å². The van der Waals surface area contributed by atoms with Crippen LogP contribution in [0.5, 0.6) is 0 Å². The van der Waals surface area contributed by atoms with Crippen LogP contribution in [0.3, 0.4) is 0 Å². The molecule has 0 bridgehead atoms. The zero-order valence-corrected chi connectivity index (χ0v) is 16.3. The number of carbonyl (C=O) groups is 3. The third-order valence-electron chi connectivity index (χ3n) is 4.97. The highest BCUT2D eigenvalue weighted by molar-refractivity contribution is 5.85. The summed E-state index contributed by atoms with van der Waals surface area (Å²) in [6, 6.07) is 17.2. The number of nitrogens with zero attached hydrogens (tertiary/aromatic N) is 1. The number of ether oxygens (including phenoxy) is 1. The van der Waals surface area contributed by atoms with Gasteiger partial charge in [0.25, 0.3) is 0 Å². The van der Waals surface area contributed by atoms with Crippen LogP contribution < -0.4 is 10.6 Å². The van der Waals surface area contributed by atoms with Crippen molar-refractivity contribution < 1.29 is 28.8 Å². The number of aromatic nitrogens is 1. The van der Waals surface area contributed by atoms with Gasteiger partial charge in [-0.3, -0.25) is 4.79 Å². The number of hydrogen-bond acceptors (Lipinski definition) is 6. The van der Waals surface area contributed by atoms with E-state index in [1.807, 2.05) is 48.5 Å². The predicted molar refractivity (Wildman–Crippen MR) is 108 cm³/mol. The molecule has 0 unspecified atom stereocenters. The van der Waals surface area contributed by atoms with Gasteiger partial charge in [-0.2, -0.15) is 0 Å². The normalized spacial score (nSPS) is 12.0. The smallest absolute Gasteiger partial charge is 0.407 e. The van der Waals surface area contributed by atoms with E-state index in [0.29, 0.717) is 0 Å². The molecule has 1 heterocycles. The number of amides is 2. The minimum absolute atomic E-state index is 0.0501. The maximum Gasteiger partial charge on any atom is 0.407 e. The Labute approximate surface area is 177 Å². The molecule has 31 heavy (non-hydrogen) atoms. The van der Waals surface area contributed by atoms with Gasteiger partial charge in [-0.1, -0.05) is 53.7 Å². The van der Waals surface area contributed by atoms with Gasteiger partial charge in [0, 0.05) is 12.0 Å². The molecule has 158 valence electrons. The number of hydrogen-bond donors (Lipinski definition) is 3. The van der Waals surface area contributed by atoms with Crippen LogP contribution in [0.15, 0.2) is 59.1 Å². The van der Waals surface area contributed by atoms with Gasteiger partial charge in [0.05, 0.1) is 6.54 Å². The van der Waals surface area contributed by atoms with E-state index in [1.165, 1.54) is 6.07 Å². The van der Waals surface area contributed by atoms with Gasteiger partial charge in [0.1, 0.15) is 13.2 Å². The maximum atomic E-state index is 12.1. The molecule has 2 amide bonds. The summed E-state index contributed by atoms with van der Waals surface area (Å²) >= 11 is 0. The largest absolute Gasteiger partial charge is 0.476 e. The highest BCUT2D eigenvalue weighted by Gasteiger charge is 2.29. The number of carbonyl (C=O) groups excluding carboxylic acids is 2. The standard InChI is InChI=1S/C22H19N3O6/c26-20(23-10-13-9-19(21(27)28)25-31-13)11-24-22(29)30-12-18-16-7-3-1-5-14(16)15-6-2-4-8-17(15)18/h1-9,18H,10-12H2,(H,23,26)(H,24,29)(H,27,28). The van der Waals surface area contributed by atoms with E-state index in [9.17, 15) is 14.4 Å². The number of carboxylic acids is 1. The number of rotatable bonds is 7. The number of nitrogens with one attached hydrogen (secondary N) is 2. The Morgan fingerprint density at radius 3 is 2.26 bits per heavy atom. The molecule has 0 radical (unpaired) electrons. The van der Waals surface area contributed by atoms with Crippen LogP contribution in [0.2, 0.25) is 0 Å². The summed E-state index contributed by atoms with van der Waals surface area (Å²) in [6.45, 7) is -0.195. The molecule has 0 aliphatic heterocycles. The van der Waals surface area contributed by atoms with E-state index in [-0.39, 0.29) is 37.1 Å². The summed E-state index contributed by atoms with van der Waals surface area (Å²) < 4.78 is 10.2. The Hall–Kier alpha value is -4.14. The van der Waals surface area contributed by atoms with Gasteiger partial charge in [0.2, 0.25) is 5.91 Å². The maximum absolute atomic E-state index is 12.1. The van der Waals surface area contributed by atoms with Crippen molar-refractivity contribution in [1.82, 2.24) is 15.8 Å². The molecule has 2 aromatic carbocycles. The Balaban J connectivity index is 1.26. The first-order chi connectivity index (χ1) is 15.0. The minimum atomic E-state index is -1.22. The topological polar surface area (TPSA) is 131 Å². The number of fused-ring (bicyclic) bond motifs is 3. The van der Waals surface area contributed by atoms with Crippen molar-refractivity contribution in [2.24, 2.45) is 0 Å². The van der Waals surface area contributed by atoms with Gasteiger partial charge in [-0.15, -0.1) is 0 Å². The fourth-order valence-corrected chi connectivity index (χ4v) is 3.55. The van der Waals surface area contributed by atoms with Crippen molar-refractivity contribution in [3.63, 3.8) is 0 Å². The molecule has 1 aliphatic rings. The van der Waals surface area contributed by atoms with E-state index in [2.05, 4.69) is 15.8 Å². The number of aromatic carboxylic acids is 1. The molecule has 9 nitrogen and oxygen atoms in total. The lowest BCUT2D eigenvalue weighted by molar-refractivity contribution is -0.120. The van der Waals surface area contributed by atoms with E-state index >= 15 is 0 Å². The zero-order valence-electron chi connectivity index (χ0n) is 16.3. The second kappa shape index (κ2) is 8.70. The molecule has 0 saturated heterocycles. The van der Waals surface area contributed by atoms with E-state index in [4.69, 9.17) is 14.4 Å². The Kier molecular flexibility index (Phi) is 5.65. The number of alkyl carbamates (subject to hydrolysis) is 1. The molecule has 1 aromatic heterocycles. The van der Waals surface area contributed by atoms with Crippen LogP contribution in [-0.2, 0) is 16.1 Å². The monoisotopic (exact) mass is 421 g/mol. The quantitative estimate of drug-likeness (QED) is 0.534. The first kappa shape index (κ1) is 20.1. The highest BCUT2D eigenvalue weighted by Crippen LogP contribution is 2.44. The van der Waals surface area contributed by atoms with Crippen LogP contribution in [0.4, 0.5) is 4.79 Å². The first-order valence-corrected chi connectivity index (χ1v) is 9.57. The SMILES string of the molecule is O=C(CNC(=O)OCC1c2ccccc2-c2ccccc21)NCc1cc(C(=O)O)no1. The lowest BCUT2D eigenvalue weighted by Crippen LogP contribution is -2.37. The number of carboxylic acid groups (broad SMARTS) is 1. The molecule has 1 aliphatic carbocycles. The van der Waals surface area contributed by atoms with Crippen LogP contribution in [-0.4, -0.2) is 41.4 Å². The minimum Gasteiger partial charge on any atom is -0.476 e. The Morgan fingerprint density at radius 2 is 1.65 bits per heavy atom. The second-order valence-corrected chi connectivity index (χ2v) is 6.94. The molecule has 0 spiro atoms. The Morgan fingerprint density at radius 1 is 1.00 bits per heavy atom. The molecule has 3 aromatic rings. The average Bonchev–Trinajstić information content (AvgIpc) is 3.38. The fraction of sp³-hybridized carbons (Fsp3) is 0.182. The molecule has 0 saturated carbocycles. The van der Waals surface area contributed by atoms with Gasteiger partial charge in [-0.25, -0.2) is 9.59 Å². The molecule has 0 atom stereocenters. The molecular formula is C22H19N3O6. The van der Waals surface area contributed by atoms with Crippen molar-refractivity contribution in [3.8, 4) is 11.1 Å². The van der Waals surface area contributed by atoms with Crippen molar-refractivity contribution in [3.05, 3.63) is 77.2 Å². The summed E-state index contributed by atoms with van der Waals surface area (Å²) in [5.74, 6) is -1.59. The first-order valence-electron chi connectivity index (χ1n) is 9.57. The second-order valence-electron chi connectivity index (χ2n) is 6.94. The van der Waals surface area contributed by atoms with E-state index in [0.717, 1.165) is 22.3 Å². The fourth-order valence-electron chi connectivity index (χ4n) is 3.55. The van der Waals surface area contributed by atoms with Gasteiger partial charge < -0.3 is 25.0 Å². The van der Waals surface area contributed by atoms with Crippen LogP contribution >= 0.6 is 0 Å².